The van der Waals surface area contributed by atoms with E-state index >= 15 is 0 Å². The number of rotatable bonds is 3. The van der Waals surface area contributed by atoms with E-state index in [1.54, 1.807) is 12.1 Å². The van der Waals surface area contributed by atoms with Crippen LogP contribution in [-0.2, 0) is 0 Å². The second kappa shape index (κ2) is 6.49. The molecular formula is C22H23NO2. The molecule has 0 aromatic heterocycles. The van der Waals surface area contributed by atoms with Crippen molar-refractivity contribution >= 4 is 11.5 Å². The predicted octanol–water partition coefficient (Wildman–Crippen LogP) is 4.44. The van der Waals surface area contributed by atoms with Crippen molar-refractivity contribution in [2.45, 2.75) is 37.8 Å². The molecule has 0 spiro atoms. The Balaban J connectivity index is 1.80. The van der Waals surface area contributed by atoms with Crippen molar-refractivity contribution in [3.05, 3.63) is 76.9 Å². The van der Waals surface area contributed by atoms with Gasteiger partial charge >= 0.3 is 5.97 Å². The number of aromatic carboxylic acids is 1. The topological polar surface area (TPSA) is 40.5 Å². The van der Waals surface area contributed by atoms with Crippen molar-refractivity contribution in [1.82, 2.24) is 4.90 Å². The van der Waals surface area contributed by atoms with E-state index in [-0.39, 0.29) is 0 Å². The molecule has 128 valence electrons. The summed E-state index contributed by atoms with van der Waals surface area (Å²) in [5, 5.41) is 9.17. The predicted molar refractivity (Wildman–Crippen MR) is 99.7 cm³/mol. The van der Waals surface area contributed by atoms with Crippen LogP contribution in [-0.4, -0.2) is 35.1 Å². The van der Waals surface area contributed by atoms with Gasteiger partial charge in [0.15, 0.2) is 0 Å². The molecule has 0 aliphatic carbocycles. The molecule has 3 nitrogen and oxygen atoms in total. The third-order valence-corrected chi connectivity index (χ3v) is 5.79. The summed E-state index contributed by atoms with van der Waals surface area (Å²) in [6, 6.07) is 19.1. The van der Waals surface area contributed by atoms with Crippen LogP contribution in [0.4, 0.5) is 0 Å². The molecule has 0 saturated carbocycles. The number of hydrogen-bond acceptors (Lipinski definition) is 2. The molecule has 2 aliphatic rings. The summed E-state index contributed by atoms with van der Waals surface area (Å²) < 4.78 is 0. The van der Waals surface area contributed by atoms with E-state index in [0.29, 0.717) is 17.6 Å². The summed E-state index contributed by atoms with van der Waals surface area (Å²) in [6.07, 6.45) is 4.78. The Hall–Kier alpha value is -2.39. The van der Waals surface area contributed by atoms with Crippen LogP contribution in [0, 0.1) is 0 Å². The largest absolute Gasteiger partial charge is 0.478 e. The van der Waals surface area contributed by atoms with Crippen molar-refractivity contribution in [3.8, 4) is 0 Å². The lowest BCUT2D eigenvalue weighted by atomic mass is 9.85. The highest BCUT2D eigenvalue weighted by atomic mass is 16.4. The number of fused-ring (bicyclic) bond motifs is 2. The molecule has 2 saturated heterocycles. The molecule has 2 bridgehead atoms. The first-order valence-electron chi connectivity index (χ1n) is 8.96. The second-order valence-corrected chi connectivity index (χ2v) is 7.19. The minimum Gasteiger partial charge on any atom is -0.478 e. The number of hydrogen-bond donors (Lipinski definition) is 1. The monoisotopic (exact) mass is 333 g/mol. The SMILES string of the molecule is CN1C2CCC1CC(=C(c1ccccc1)c1ccc(C(=O)O)cc1)C2. The number of carboxylic acid groups (broad SMARTS) is 1. The van der Waals surface area contributed by atoms with Gasteiger partial charge in [0.25, 0.3) is 0 Å². The first kappa shape index (κ1) is 16.1. The highest BCUT2D eigenvalue weighted by molar-refractivity contribution is 5.89. The van der Waals surface area contributed by atoms with Crippen molar-refractivity contribution in [2.75, 3.05) is 7.05 Å². The van der Waals surface area contributed by atoms with E-state index in [4.69, 9.17) is 5.11 Å². The molecular weight excluding hydrogens is 310 g/mol. The molecule has 3 heteroatoms. The van der Waals surface area contributed by atoms with Crippen LogP contribution >= 0.6 is 0 Å². The molecule has 0 amide bonds. The Kier molecular flexibility index (Phi) is 4.18. The zero-order chi connectivity index (χ0) is 17.4. The quantitative estimate of drug-likeness (QED) is 0.902. The lowest BCUT2D eigenvalue weighted by Crippen LogP contribution is -2.37. The first-order chi connectivity index (χ1) is 12.1. The molecule has 1 N–H and O–H groups in total. The molecule has 2 heterocycles. The summed E-state index contributed by atoms with van der Waals surface area (Å²) in [4.78, 5) is 13.7. The van der Waals surface area contributed by atoms with Gasteiger partial charge in [0.1, 0.15) is 0 Å². The molecule has 0 radical (unpaired) electrons. The Labute approximate surface area is 148 Å². The van der Waals surface area contributed by atoms with Gasteiger partial charge in [-0.1, -0.05) is 48.0 Å². The second-order valence-electron chi connectivity index (χ2n) is 7.19. The van der Waals surface area contributed by atoms with Crippen molar-refractivity contribution in [3.63, 3.8) is 0 Å². The maximum absolute atomic E-state index is 11.2. The van der Waals surface area contributed by atoms with Crippen LogP contribution in [0.2, 0.25) is 0 Å². The molecule has 2 aromatic rings. The Morgan fingerprint density at radius 2 is 1.40 bits per heavy atom. The summed E-state index contributed by atoms with van der Waals surface area (Å²) in [5.74, 6) is -0.877. The number of carbonyl (C=O) groups is 1. The van der Waals surface area contributed by atoms with E-state index in [9.17, 15) is 4.79 Å². The van der Waals surface area contributed by atoms with Gasteiger partial charge in [0.05, 0.1) is 5.56 Å². The summed E-state index contributed by atoms with van der Waals surface area (Å²) in [5.41, 5.74) is 5.49. The van der Waals surface area contributed by atoms with Gasteiger partial charge in [-0.25, -0.2) is 4.79 Å². The zero-order valence-corrected chi connectivity index (χ0v) is 14.5. The molecule has 2 unspecified atom stereocenters. The number of carboxylic acids is 1. The van der Waals surface area contributed by atoms with Gasteiger partial charge < -0.3 is 5.11 Å². The van der Waals surface area contributed by atoms with E-state index in [1.807, 2.05) is 18.2 Å². The fraction of sp³-hybridized carbons (Fsp3) is 0.318. The van der Waals surface area contributed by atoms with E-state index < -0.39 is 5.97 Å². The van der Waals surface area contributed by atoms with E-state index in [2.05, 4.69) is 36.2 Å². The molecule has 2 aliphatic heterocycles. The van der Waals surface area contributed by atoms with Crippen LogP contribution in [0.5, 0.6) is 0 Å². The zero-order valence-electron chi connectivity index (χ0n) is 14.5. The van der Waals surface area contributed by atoms with Crippen LogP contribution in [0.25, 0.3) is 5.57 Å². The van der Waals surface area contributed by atoms with Crippen LogP contribution in [0.15, 0.2) is 60.2 Å². The number of benzene rings is 2. The van der Waals surface area contributed by atoms with Gasteiger partial charge in [0.2, 0.25) is 0 Å². The number of nitrogens with zero attached hydrogens (tertiary/aromatic N) is 1. The summed E-state index contributed by atoms with van der Waals surface area (Å²) in [7, 11) is 2.25. The van der Waals surface area contributed by atoms with Crippen molar-refractivity contribution < 1.29 is 9.90 Å². The molecule has 2 fully saturated rings. The minimum atomic E-state index is -0.877. The normalized spacial score (nSPS) is 22.8. The lowest BCUT2D eigenvalue weighted by Gasteiger charge is -2.34. The van der Waals surface area contributed by atoms with E-state index in [0.717, 1.165) is 18.4 Å². The number of piperidine rings is 1. The van der Waals surface area contributed by atoms with Gasteiger partial charge in [-0.05, 0) is 61.6 Å². The third-order valence-electron chi connectivity index (χ3n) is 5.79. The smallest absolute Gasteiger partial charge is 0.335 e. The third kappa shape index (κ3) is 3.00. The van der Waals surface area contributed by atoms with Crippen molar-refractivity contribution in [2.24, 2.45) is 0 Å². The fourth-order valence-electron chi connectivity index (χ4n) is 4.40. The molecule has 2 atom stereocenters. The van der Waals surface area contributed by atoms with Gasteiger partial charge in [0, 0.05) is 12.1 Å². The van der Waals surface area contributed by atoms with Crippen LogP contribution in [0.1, 0.15) is 47.2 Å². The van der Waals surface area contributed by atoms with Gasteiger partial charge in [-0.15, -0.1) is 0 Å². The fourth-order valence-corrected chi connectivity index (χ4v) is 4.40. The average Bonchev–Trinajstić information content (AvgIpc) is 2.84. The summed E-state index contributed by atoms with van der Waals surface area (Å²) >= 11 is 0. The highest BCUT2D eigenvalue weighted by Crippen LogP contribution is 2.41. The standard InChI is InChI=1S/C22H23NO2/c1-23-19-11-12-20(23)14-18(13-19)21(15-5-3-2-4-6-15)16-7-9-17(10-8-16)22(24)25/h2-10,19-20H,11-14H2,1H3,(H,24,25). The molecule has 2 aromatic carbocycles. The summed E-state index contributed by atoms with van der Waals surface area (Å²) in [6.45, 7) is 0. The van der Waals surface area contributed by atoms with E-state index in [1.165, 1.54) is 29.6 Å². The average molecular weight is 333 g/mol. The van der Waals surface area contributed by atoms with Gasteiger partial charge in [-0.2, -0.15) is 0 Å². The molecule has 25 heavy (non-hydrogen) atoms. The van der Waals surface area contributed by atoms with Crippen LogP contribution in [0.3, 0.4) is 0 Å². The maximum atomic E-state index is 11.2. The Morgan fingerprint density at radius 3 is 1.96 bits per heavy atom. The molecule has 4 rings (SSSR count). The van der Waals surface area contributed by atoms with Crippen LogP contribution < -0.4 is 0 Å². The lowest BCUT2D eigenvalue weighted by molar-refractivity contribution is 0.0697. The Morgan fingerprint density at radius 1 is 0.880 bits per heavy atom. The van der Waals surface area contributed by atoms with Gasteiger partial charge in [-0.3, -0.25) is 4.90 Å². The van der Waals surface area contributed by atoms with Crippen molar-refractivity contribution in [1.29, 1.82) is 0 Å². The first-order valence-corrected chi connectivity index (χ1v) is 8.96. The minimum absolute atomic E-state index is 0.338. The Bertz CT molecular complexity index is 792. The highest BCUT2D eigenvalue weighted by Gasteiger charge is 2.37. The maximum Gasteiger partial charge on any atom is 0.335 e.